The van der Waals surface area contributed by atoms with E-state index in [2.05, 4.69) is 4.98 Å². The lowest BCUT2D eigenvalue weighted by Gasteiger charge is -2.17. The van der Waals surface area contributed by atoms with E-state index in [1.165, 1.54) is 16.2 Å². The lowest BCUT2D eigenvalue weighted by molar-refractivity contribution is 0.0783. The molecule has 0 radical (unpaired) electrons. The van der Waals surface area contributed by atoms with Gasteiger partial charge in [-0.3, -0.25) is 9.59 Å². The van der Waals surface area contributed by atoms with Crippen molar-refractivity contribution in [2.45, 2.75) is 6.54 Å². The number of thiophene rings is 1. The van der Waals surface area contributed by atoms with Gasteiger partial charge in [-0.15, -0.1) is 11.3 Å². The van der Waals surface area contributed by atoms with Crippen molar-refractivity contribution in [1.82, 2.24) is 9.88 Å². The summed E-state index contributed by atoms with van der Waals surface area (Å²) in [5, 5.41) is 1.94. The summed E-state index contributed by atoms with van der Waals surface area (Å²) in [4.78, 5) is 30.2. The van der Waals surface area contributed by atoms with Crippen molar-refractivity contribution in [2.75, 3.05) is 13.8 Å². The number of fused-ring (bicyclic) bond motifs is 1. The van der Waals surface area contributed by atoms with Crippen LogP contribution in [0.4, 0.5) is 0 Å². The summed E-state index contributed by atoms with van der Waals surface area (Å²) in [6, 6.07) is 12.7. The molecule has 4 rings (SSSR count). The van der Waals surface area contributed by atoms with E-state index in [0.29, 0.717) is 23.7 Å². The maximum Gasteiger partial charge on any atom is 0.261 e. The van der Waals surface area contributed by atoms with Gasteiger partial charge >= 0.3 is 0 Å². The van der Waals surface area contributed by atoms with E-state index < -0.39 is 5.56 Å². The van der Waals surface area contributed by atoms with Crippen LogP contribution in [0.15, 0.2) is 52.6 Å². The summed E-state index contributed by atoms with van der Waals surface area (Å²) >= 11 is 1.53. The molecule has 132 valence electrons. The Hall–Kier alpha value is -3.06. The topological polar surface area (TPSA) is 71.6 Å². The van der Waals surface area contributed by atoms with Gasteiger partial charge in [0.1, 0.15) is 5.56 Å². The fourth-order valence-electron chi connectivity index (χ4n) is 2.81. The summed E-state index contributed by atoms with van der Waals surface area (Å²) in [5.74, 6) is 1.03. The van der Waals surface area contributed by atoms with Gasteiger partial charge in [0.15, 0.2) is 11.5 Å². The van der Waals surface area contributed by atoms with Gasteiger partial charge in [-0.2, -0.15) is 0 Å². The normalized spacial score (nSPS) is 12.2. The van der Waals surface area contributed by atoms with Crippen molar-refractivity contribution in [3.05, 3.63) is 69.3 Å². The second-order valence-electron chi connectivity index (χ2n) is 5.94. The van der Waals surface area contributed by atoms with Crippen molar-refractivity contribution in [2.24, 2.45) is 0 Å². The van der Waals surface area contributed by atoms with Crippen molar-refractivity contribution in [3.8, 4) is 22.1 Å². The number of amides is 1. The van der Waals surface area contributed by atoms with E-state index in [1.54, 1.807) is 19.2 Å². The van der Waals surface area contributed by atoms with Crippen LogP contribution < -0.4 is 15.0 Å². The Bertz CT molecular complexity index is 1010. The van der Waals surface area contributed by atoms with Crippen LogP contribution in [0.2, 0.25) is 0 Å². The molecular weight excluding hydrogens is 352 g/mol. The zero-order valence-electron chi connectivity index (χ0n) is 14.0. The van der Waals surface area contributed by atoms with Crippen LogP contribution in [0.25, 0.3) is 10.6 Å². The molecule has 0 atom stereocenters. The summed E-state index contributed by atoms with van der Waals surface area (Å²) in [7, 11) is 1.67. The number of hydrogen-bond acceptors (Lipinski definition) is 5. The predicted octanol–water partition coefficient (Wildman–Crippen LogP) is 3.10. The number of aromatic amines is 1. The quantitative estimate of drug-likeness (QED) is 0.768. The maximum absolute atomic E-state index is 12.7. The van der Waals surface area contributed by atoms with Crippen LogP contribution in [-0.2, 0) is 6.54 Å². The number of H-pyrrole nitrogens is 1. The molecule has 0 fully saturated rings. The molecule has 1 aliphatic heterocycles. The number of aromatic nitrogens is 1. The third-order valence-electron chi connectivity index (χ3n) is 4.13. The Labute approximate surface area is 153 Å². The van der Waals surface area contributed by atoms with Gasteiger partial charge < -0.3 is 19.4 Å². The van der Waals surface area contributed by atoms with Crippen LogP contribution in [0, 0.1) is 0 Å². The highest BCUT2D eigenvalue weighted by molar-refractivity contribution is 7.13. The molecule has 1 aromatic carbocycles. The van der Waals surface area contributed by atoms with E-state index in [1.807, 2.05) is 35.7 Å². The number of nitrogens with one attached hydrogen (secondary N) is 1. The lowest BCUT2D eigenvalue weighted by atomic mass is 10.1. The number of ether oxygens (including phenoxy) is 2. The molecule has 0 saturated carbocycles. The number of carbonyl (C=O) groups is 1. The van der Waals surface area contributed by atoms with Gasteiger partial charge in [0, 0.05) is 13.6 Å². The van der Waals surface area contributed by atoms with Crippen LogP contribution >= 0.6 is 11.3 Å². The van der Waals surface area contributed by atoms with Crippen LogP contribution in [-0.4, -0.2) is 29.6 Å². The first-order valence-electron chi connectivity index (χ1n) is 8.03. The average Bonchev–Trinajstić information content (AvgIpc) is 3.32. The lowest BCUT2D eigenvalue weighted by Crippen LogP contribution is -2.31. The molecule has 3 aromatic rings. The van der Waals surface area contributed by atoms with Crippen molar-refractivity contribution >= 4 is 17.2 Å². The number of rotatable bonds is 4. The zero-order chi connectivity index (χ0) is 18.1. The fourth-order valence-corrected chi connectivity index (χ4v) is 3.52. The molecule has 26 heavy (non-hydrogen) atoms. The molecular formula is C19H16N2O4S. The van der Waals surface area contributed by atoms with Gasteiger partial charge in [0.2, 0.25) is 6.79 Å². The van der Waals surface area contributed by atoms with Crippen molar-refractivity contribution < 1.29 is 14.3 Å². The number of pyridine rings is 1. The highest BCUT2D eigenvalue weighted by Gasteiger charge is 2.18. The zero-order valence-corrected chi connectivity index (χ0v) is 14.8. The first-order chi connectivity index (χ1) is 12.6. The number of carbonyl (C=O) groups excluding carboxylic acids is 1. The van der Waals surface area contributed by atoms with E-state index in [9.17, 15) is 9.59 Å². The third-order valence-corrected chi connectivity index (χ3v) is 5.03. The standard InChI is InChI=1S/C19H16N2O4S/c1-21(10-12-4-7-15-16(9-12)25-11-24-15)19(23)13-5-6-14(20-18(13)22)17-3-2-8-26-17/h2-9H,10-11H2,1H3,(H,20,22). The van der Waals surface area contributed by atoms with Gasteiger partial charge in [-0.1, -0.05) is 12.1 Å². The summed E-state index contributed by atoms with van der Waals surface area (Å²) in [6.07, 6.45) is 0. The fraction of sp³-hybridized carbons (Fsp3) is 0.158. The summed E-state index contributed by atoms with van der Waals surface area (Å²) in [6.45, 7) is 0.571. The minimum absolute atomic E-state index is 0.119. The largest absolute Gasteiger partial charge is 0.454 e. The summed E-state index contributed by atoms with van der Waals surface area (Å²) < 4.78 is 10.6. The van der Waals surface area contributed by atoms with Gasteiger partial charge in [0.05, 0.1) is 10.6 Å². The molecule has 3 heterocycles. The van der Waals surface area contributed by atoms with Gasteiger partial charge in [-0.05, 0) is 41.3 Å². The Balaban J connectivity index is 1.52. The second-order valence-corrected chi connectivity index (χ2v) is 6.89. The smallest absolute Gasteiger partial charge is 0.261 e. The molecule has 6 nitrogen and oxygen atoms in total. The Kier molecular flexibility index (Phi) is 4.22. The predicted molar refractivity (Wildman–Crippen MR) is 98.7 cm³/mol. The van der Waals surface area contributed by atoms with E-state index >= 15 is 0 Å². The number of nitrogens with zero attached hydrogens (tertiary/aromatic N) is 1. The molecule has 2 aromatic heterocycles. The monoisotopic (exact) mass is 368 g/mol. The van der Waals surface area contributed by atoms with Crippen molar-refractivity contribution in [3.63, 3.8) is 0 Å². The van der Waals surface area contributed by atoms with E-state index in [4.69, 9.17) is 9.47 Å². The molecule has 7 heteroatoms. The van der Waals surface area contributed by atoms with E-state index in [0.717, 1.165) is 10.4 Å². The molecule has 0 aliphatic carbocycles. The average molecular weight is 368 g/mol. The first-order valence-corrected chi connectivity index (χ1v) is 8.91. The Morgan fingerprint density at radius 1 is 1.19 bits per heavy atom. The highest BCUT2D eigenvalue weighted by Crippen LogP contribution is 2.32. The summed E-state index contributed by atoms with van der Waals surface area (Å²) in [5.41, 5.74) is 1.34. The number of hydrogen-bond donors (Lipinski definition) is 1. The first kappa shape index (κ1) is 16.4. The maximum atomic E-state index is 12.7. The molecule has 0 spiro atoms. The third kappa shape index (κ3) is 3.09. The minimum atomic E-state index is -0.390. The second kappa shape index (κ2) is 6.68. The number of benzene rings is 1. The molecule has 1 aliphatic rings. The Morgan fingerprint density at radius 3 is 2.81 bits per heavy atom. The molecule has 0 unspecified atom stereocenters. The SMILES string of the molecule is CN(Cc1ccc2c(c1)OCO2)C(=O)c1ccc(-c2cccs2)[nH]c1=O. The van der Waals surface area contributed by atoms with Crippen LogP contribution in [0.3, 0.4) is 0 Å². The van der Waals surface area contributed by atoms with Crippen LogP contribution in [0.1, 0.15) is 15.9 Å². The Morgan fingerprint density at radius 2 is 2.04 bits per heavy atom. The van der Waals surface area contributed by atoms with Crippen molar-refractivity contribution in [1.29, 1.82) is 0 Å². The minimum Gasteiger partial charge on any atom is -0.454 e. The van der Waals surface area contributed by atoms with Crippen LogP contribution in [0.5, 0.6) is 11.5 Å². The van der Waals surface area contributed by atoms with Gasteiger partial charge in [-0.25, -0.2) is 0 Å². The molecule has 0 bridgehead atoms. The highest BCUT2D eigenvalue weighted by atomic mass is 32.1. The molecule has 1 amide bonds. The van der Waals surface area contributed by atoms with Gasteiger partial charge in [0.25, 0.3) is 11.5 Å². The van der Waals surface area contributed by atoms with E-state index in [-0.39, 0.29) is 18.3 Å². The molecule has 0 saturated heterocycles. The molecule has 1 N–H and O–H groups in total.